The fourth-order valence-electron chi connectivity index (χ4n) is 4.49. The Morgan fingerprint density at radius 2 is 1.82 bits per heavy atom. The van der Waals surface area contributed by atoms with E-state index >= 15 is 0 Å². The van der Waals surface area contributed by atoms with Crippen molar-refractivity contribution in [2.24, 2.45) is 10.9 Å². The fourth-order valence-corrected chi connectivity index (χ4v) is 4.49. The van der Waals surface area contributed by atoms with Crippen LogP contribution in [0.15, 0.2) is 65.8 Å². The highest BCUT2D eigenvalue weighted by Gasteiger charge is 2.18. The second-order valence-electron chi connectivity index (χ2n) is 8.82. The molecular formula is C27H37N5O. The van der Waals surface area contributed by atoms with Crippen LogP contribution in [0.4, 0.5) is 5.69 Å². The van der Waals surface area contributed by atoms with Gasteiger partial charge in [-0.05, 0) is 67.3 Å². The van der Waals surface area contributed by atoms with Gasteiger partial charge in [0.05, 0.1) is 6.54 Å². The Hall–Kier alpha value is -2.99. The lowest BCUT2D eigenvalue weighted by Crippen LogP contribution is -2.38. The molecule has 0 amide bonds. The number of benzene rings is 2. The number of aliphatic imine (C=N–C) groups is 1. The number of hydrogen-bond donors (Lipinski definition) is 3. The third-order valence-corrected chi connectivity index (χ3v) is 6.49. The predicted octanol–water partition coefficient (Wildman–Crippen LogP) is 4.00. The number of nitrogens with one attached hydrogen (secondary N) is 2. The molecule has 176 valence electrons. The Labute approximate surface area is 197 Å². The third kappa shape index (κ3) is 6.29. The summed E-state index contributed by atoms with van der Waals surface area (Å²) in [5.74, 6) is 1.33. The van der Waals surface area contributed by atoms with Crippen molar-refractivity contribution in [1.82, 2.24) is 15.2 Å². The van der Waals surface area contributed by atoms with Gasteiger partial charge < -0.3 is 25.2 Å². The zero-order chi connectivity index (χ0) is 22.9. The van der Waals surface area contributed by atoms with Crippen LogP contribution in [0.3, 0.4) is 0 Å². The van der Waals surface area contributed by atoms with E-state index < -0.39 is 0 Å². The number of aliphatic hydroxyl groups excluding tert-OH is 1. The molecule has 0 aliphatic carbocycles. The van der Waals surface area contributed by atoms with Gasteiger partial charge in [0.15, 0.2) is 5.96 Å². The van der Waals surface area contributed by atoms with E-state index in [0.717, 1.165) is 57.9 Å². The number of fused-ring (bicyclic) bond motifs is 1. The van der Waals surface area contributed by atoms with E-state index in [2.05, 4.69) is 87.8 Å². The minimum atomic E-state index is 0.316. The summed E-state index contributed by atoms with van der Waals surface area (Å²) in [4.78, 5) is 7.19. The molecule has 6 nitrogen and oxygen atoms in total. The van der Waals surface area contributed by atoms with E-state index in [1.54, 1.807) is 0 Å². The second-order valence-corrected chi connectivity index (χ2v) is 8.82. The van der Waals surface area contributed by atoms with Crippen LogP contribution in [0.5, 0.6) is 0 Å². The molecule has 0 spiro atoms. The van der Waals surface area contributed by atoms with Gasteiger partial charge >= 0.3 is 0 Å². The molecule has 1 aromatic heterocycles. The van der Waals surface area contributed by atoms with Crippen LogP contribution in [-0.4, -0.2) is 48.4 Å². The molecule has 3 aromatic rings. The van der Waals surface area contributed by atoms with Gasteiger partial charge in [-0.1, -0.05) is 30.3 Å². The average molecular weight is 448 g/mol. The number of para-hydroxylation sites is 1. The highest BCUT2D eigenvalue weighted by Crippen LogP contribution is 2.23. The van der Waals surface area contributed by atoms with Crippen LogP contribution >= 0.6 is 0 Å². The maximum absolute atomic E-state index is 9.33. The lowest BCUT2D eigenvalue weighted by molar-refractivity contribution is 0.203. The fraction of sp³-hybridized carbons (Fsp3) is 0.444. The summed E-state index contributed by atoms with van der Waals surface area (Å²) in [5.41, 5.74) is 3.76. The quantitative estimate of drug-likeness (QED) is 0.264. The summed E-state index contributed by atoms with van der Waals surface area (Å²) in [6.07, 6.45) is 5.34. The van der Waals surface area contributed by atoms with E-state index in [0.29, 0.717) is 19.1 Å². The van der Waals surface area contributed by atoms with Gasteiger partial charge in [-0.3, -0.25) is 0 Å². The molecule has 2 aromatic carbocycles. The number of aryl methyl sites for hydroxylation is 1. The molecule has 0 atom stereocenters. The Bertz CT molecular complexity index is 1020. The van der Waals surface area contributed by atoms with E-state index in [-0.39, 0.29) is 0 Å². The standard InChI is InChI=1S/C27H37N5O/c1-2-28-27(29-15-5-16-32-19-14-24-6-3-4-7-26(24)32)30-20-22-8-10-25(11-9-22)31-17-12-23(21-33)13-18-31/h3-4,6-11,14,19,23,33H,2,5,12-13,15-18,20-21H2,1H3,(H2,28,29,30). The maximum atomic E-state index is 9.33. The monoisotopic (exact) mass is 447 g/mol. The maximum Gasteiger partial charge on any atom is 0.191 e. The van der Waals surface area contributed by atoms with Crippen molar-refractivity contribution < 1.29 is 5.11 Å². The number of aliphatic hydroxyl groups is 1. The molecule has 0 saturated carbocycles. The Morgan fingerprint density at radius 1 is 1.03 bits per heavy atom. The number of guanidine groups is 1. The van der Waals surface area contributed by atoms with Crippen molar-refractivity contribution in [2.45, 2.75) is 39.3 Å². The van der Waals surface area contributed by atoms with Crippen molar-refractivity contribution in [3.63, 3.8) is 0 Å². The summed E-state index contributed by atoms with van der Waals surface area (Å²) in [7, 11) is 0. The normalized spacial score (nSPS) is 15.2. The summed E-state index contributed by atoms with van der Waals surface area (Å²) < 4.78 is 2.31. The molecule has 1 fully saturated rings. The largest absolute Gasteiger partial charge is 0.396 e. The van der Waals surface area contributed by atoms with Crippen LogP contribution in [-0.2, 0) is 13.1 Å². The van der Waals surface area contributed by atoms with E-state index in [1.165, 1.54) is 22.2 Å². The second kappa shape index (κ2) is 11.8. The molecule has 3 N–H and O–H groups in total. The summed E-state index contributed by atoms with van der Waals surface area (Å²) in [6, 6.07) is 19.5. The highest BCUT2D eigenvalue weighted by molar-refractivity contribution is 5.80. The molecule has 2 heterocycles. The smallest absolute Gasteiger partial charge is 0.191 e. The Morgan fingerprint density at radius 3 is 2.58 bits per heavy atom. The number of piperidine rings is 1. The lowest BCUT2D eigenvalue weighted by Gasteiger charge is -2.32. The minimum absolute atomic E-state index is 0.316. The first kappa shape index (κ1) is 23.2. The van der Waals surface area contributed by atoms with Gasteiger partial charge in [-0.15, -0.1) is 0 Å². The summed E-state index contributed by atoms with van der Waals surface area (Å²) >= 11 is 0. The number of rotatable bonds is 9. The molecule has 4 rings (SSSR count). The van der Waals surface area contributed by atoms with Gasteiger partial charge in [0, 0.05) is 56.7 Å². The van der Waals surface area contributed by atoms with E-state index in [1.807, 2.05) is 0 Å². The molecule has 0 bridgehead atoms. The Kier molecular flexibility index (Phi) is 8.25. The van der Waals surface area contributed by atoms with Gasteiger partial charge in [-0.25, -0.2) is 4.99 Å². The predicted molar refractivity (Wildman–Crippen MR) is 138 cm³/mol. The zero-order valence-corrected chi connectivity index (χ0v) is 19.7. The number of anilines is 1. The van der Waals surface area contributed by atoms with Crippen LogP contribution < -0.4 is 15.5 Å². The van der Waals surface area contributed by atoms with Crippen molar-refractivity contribution in [1.29, 1.82) is 0 Å². The first-order valence-electron chi connectivity index (χ1n) is 12.3. The molecule has 33 heavy (non-hydrogen) atoms. The van der Waals surface area contributed by atoms with Crippen LogP contribution in [0.1, 0.15) is 31.7 Å². The average Bonchev–Trinajstić information content (AvgIpc) is 3.28. The lowest BCUT2D eigenvalue weighted by atomic mass is 9.97. The first-order chi connectivity index (χ1) is 16.3. The van der Waals surface area contributed by atoms with E-state index in [4.69, 9.17) is 4.99 Å². The molecule has 0 radical (unpaired) electrons. The molecule has 0 unspecified atom stereocenters. The summed E-state index contributed by atoms with van der Waals surface area (Å²) in [5, 5.41) is 17.4. The zero-order valence-electron chi connectivity index (χ0n) is 19.7. The molecular weight excluding hydrogens is 410 g/mol. The van der Waals surface area contributed by atoms with Crippen molar-refractivity contribution >= 4 is 22.5 Å². The van der Waals surface area contributed by atoms with Gasteiger partial charge in [0.2, 0.25) is 0 Å². The third-order valence-electron chi connectivity index (χ3n) is 6.49. The SMILES string of the molecule is CCNC(=NCc1ccc(N2CCC(CO)CC2)cc1)NCCCn1ccc2ccccc21. The molecule has 1 aliphatic heterocycles. The number of aromatic nitrogens is 1. The van der Waals surface area contributed by atoms with Crippen LogP contribution in [0.25, 0.3) is 10.9 Å². The van der Waals surface area contributed by atoms with Crippen LogP contribution in [0, 0.1) is 5.92 Å². The Balaban J connectivity index is 1.25. The van der Waals surface area contributed by atoms with Crippen molar-refractivity contribution in [3.8, 4) is 0 Å². The first-order valence-corrected chi connectivity index (χ1v) is 12.3. The van der Waals surface area contributed by atoms with Gasteiger partial charge in [0.25, 0.3) is 0 Å². The molecule has 6 heteroatoms. The van der Waals surface area contributed by atoms with Crippen molar-refractivity contribution in [2.75, 3.05) is 37.7 Å². The van der Waals surface area contributed by atoms with Gasteiger partial charge in [-0.2, -0.15) is 0 Å². The highest BCUT2D eigenvalue weighted by atomic mass is 16.3. The van der Waals surface area contributed by atoms with E-state index in [9.17, 15) is 5.11 Å². The molecule has 1 aliphatic rings. The number of hydrogen-bond acceptors (Lipinski definition) is 3. The summed E-state index contributed by atoms with van der Waals surface area (Å²) in [6.45, 7) is 7.82. The minimum Gasteiger partial charge on any atom is -0.396 e. The van der Waals surface area contributed by atoms with Crippen LogP contribution in [0.2, 0.25) is 0 Å². The van der Waals surface area contributed by atoms with Crippen molar-refractivity contribution in [3.05, 3.63) is 66.4 Å². The van der Waals surface area contributed by atoms with Gasteiger partial charge in [0.1, 0.15) is 0 Å². The topological polar surface area (TPSA) is 64.8 Å². The molecule has 1 saturated heterocycles. The number of nitrogens with zero attached hydrogens (tertiary/aromatic N) is 3.